The number of anilines is 1. The molecule has 0 N–H and O–H groups in total. The highest BCUT2D eigenvalue weighted by molar-refractivity contribution is 7.80. The van der Waals surface area contributed by atoms with Gasteiger partial charge in [-0.1, -0.05) is 0 Å². The highest BCUT2D eigenvalue weighted by Gasteiger charge is 2.34. The number of hydrogen-bond donors (Lipinski definition) is 1. The van der Waals surface area contributed by atoms with Crippen LogP contribution in [0.25, 0.3) is 0 Å². The van der Waals surface area contributed by atoms with E-state index >= 15 is 0 Å². The summed E-state index contributed by atoms with van der Waals surface area (Å²) < 4.78 is 0. The van der Waals surface area contributed by atoms with Gasteiger partial charge in [0.1, 0.15) is 5.69 Å². The van der Waals surface area contributed by atoms with Crippen LogP contribution >= 0.6 is 12.6 Å². The predicted molar refractivity (Wildman–Crippen MR) is 74.1 cm³/mol. The molecule has 0 radical (unpaired) electrons. The standard InChI is InChI=1S/C11H11N3O5S/c15-11-3-7(6-20)5-12(11)9-2-1-8(13(16)17)4-10(9)14(18)19/h1-2,4,7,20H,3,5-6H2. The highest BCUT2D eigenvalue weighted by atomic mass is 32.1. The maximum absolute atomic E-state index is 11.9. The Morgan fingerprint density at radius 1 is 1.30 bits per heavy atom. The zero-order chi connectivity index (χ0) is 14.9. The van der Waals surface area contributed by atoms with Gasteiger partial charge in [-0.2, -0.15) is 12.6 Å². The van der Waals surface area contributed by atoms with Gasteiger partial charge in [0.2, 0.25) is 5.91 Å². The third-order valence-corrected chi connectivity index (χ3v) is 3.64. The lowest BCUT2D eigenvalue weighted by atomic mass is 10.1. The quantitative estimate of drug-likeness (QED) is 0.518. The number of carbonyl (C=O) groups excluding carboxylic acids is 1. The van der Waals surface area contributed by atoms with Gasteiger partial charge in [-0.25, -0.2) is 0 Å². The summed E-state index contributed by atoms with van der Waals surface area (Å²) in [6.07, 6.45) is 0.275. The maximum atomic E-state index is 11.9. The van der Waals surface area contributed by atoms with Gasteiger partial charge < -0.3 is 4.90 Å². The first-order valence-electron chi connectivity index (χ1n) is 5.78. The normalized spacial score (nSPS) is 18.4. The van der Waals surface area contributed by atoms with Crippen molar-refractivity contribution in [2.24, 2.45) is 5.92 Å². The van der Waals surface area contributed by atoms with Crippen LogP contribution in [0.5, 0.6) is 0 Å². The number of carbonyl (C=O) groups is 1. The zero-order valence-electron chi connectivity index (χ0n) is 10.3. The summed E-state index contributed by atoms with van der Waals surface area (Å²) in [5.41, 5.74) is -0.722. The van der Waals surface area contributed by atoms with E-state index in [1.165, 1.54) is 11.0 Å². The molecule has 0 aromatic heterocycles. The van der Waals surface area contributed by atoms with Crippen LogP contribution in [0, 0.1) is 26.1 Å². The number of amides is 1. The van der Waals surface area contributed by atoms with Gasteiger partial charge in [-0.15, -0.1) is 0 Å². The molecule has 20 heavy (non-hydrogen) atoms. The molecule has 1 aromatic rings. The predicted octanol–water partition coefficient (Wildman–Crippen LogP) is 1.79. The molecule has 1 aliphatic heterocycles. The number of nitrogens with zero attached hydrogens (tertiary/aromatic N) is 3. The number of thiol groups is 1. The number of hydrogen-bond acceptors (Lipinski definition) is 6. The molecule has 1 unspecified atom stereocenters. The summed E-state index contributed by atoms with van der Waals surface area (Å²) in [5, 5.41) is 21.7. The summed E-state index contributed by atoms with van der Waals surface area (Å²) in [6.45, 7) is 0.334. The number of benzene rings is 1. The van der Waals surface area contributed by atoms with Crippen LogP contribution in [0.1, 0.15) is 6.42 Å². The van der Waals surface area contributed by atoms with Crippen LogP contribution < -0.4 is 4.90 Å². The summed E-state index contributed by atoms with van der Waals surface area (Å²) in [4.78, 5) is 33.4. The van der Waals surface area contributed by atoms with Crippen LogP contribution in [-0.2, 0) is 4.79 Å². The van der Waals surface area contributed by atoms with Crippen molar-refractivity contribution >= 4 is 35.6 Å². The monoisotopic (exact) mass is 297 g/mol. The van der Waals surface area contributed by atoms with E-state index < -0.39 is 15.5 Å². The number of non-ortho nitro benzene ring substituents is 1. The molecular weight excluding hydrogens is 286 g/mol. The molecule has 1 saturated heterocycles. The largest absolute Gasteiger partial charge is 0.306 e. The second-order valence-corrected chi connectivity index (χ2v) is 4.81. The lowest BCUT2D eigenvalue weighted by molar-refractivity contribution is -0.393. The lowest BCUT2D eigenvalue weighted by Gasteiger charge is -2.16. The van der Waals surface area contributed by atoms with Crippen molar-refractivity contribution in [3.8, 4) is 0 Å². The van der Waals surface area contributed by atoms with Gasteiger partial charge in [-0.05, 0) is 17.7 Å². The third-order valence-electron chi connectivity index (χ3n) is 3.12. The van der Waals surface area contributed by atoms with E-state index in [0.717, 1.165) is 12.1 Å². The topological polar surface area (TPSA) is 107 Å². The average Bonchev–Trinajstić information content (AvgIpc) is 2.79. The first kappa shape index (κ1) is 14.3. The lowest BCUT2D eigenvalue weighted by Crippen LogP contribution is -2.25. The summed E-state index contributed by atoms with van der Waals surface area (Å²) >= 11 is 4.12. The van der Waals surface area contributed by atoms with Gasteiger partial charge in [0.05, 0.1) is 15.9 Å². The first-order chi connectivity index (χ1) is 9.43. The molecule has 0 aliphatic carbocycles. The molecule has 1 fully saturated rings. The van der Waals surface area contributed by atoms with Gasteiger partial charge in [0, 0.05) is 19.0 Å². The van der Waals surface area contributed by atoms with E-state index in [0.29, 0.717) is 12.3 Å². The van der Waals surface area contributed by atoms with Crippen molar-refractivity contribution < 1.29 is 14.6 Å². The smallest absolute Gasteiger partial charge is 0.299 e. The van der Waals surface area contributed by atoms with E-state index in [9.17, 15) is 25.0 Å². The van der Waals surface area contributed by atoms with Crippen molar-refractivity contribution in [1.29, 1.82) is 0 Å². The minimum atomic E-state index is -0.719. The van der Waals surface area contributed by atoms with Crippen molar-refractivity contribution in [2.45, 2.75) is 6.42 Å². The molecule has 1 atom stereocenters. The summed E-state index contributed by atoms with van der Waals surface area (Å²) in [5.74, 6) is 0.296. The summed E-state index contributed by atoms with van der Waals surface area (Å²) in [6, 6.07) is 3.27. The number of rotatable bonds is 4. The molecule has 8 nitrogen and oxygen atoms in total. The zero-order valence-corrected chi connectivity index (χ0v) is 11.2. The molecule has 1 heterocycles. The fraction of sp³-hybridized carbons (Fsp3) is 0.364. The molecule has 106 valence electrons. The van der Waals surface area contributed by atoms with Gasteiger partial charge in [0.25, 0.3) is 11.4 Å². The Balaban J connectivity index is 2.44. The number of nitro benzene ring substituents is 2. The van der Waals surface area contributed by atoms with E-state index in [1.54, 1.807) is 0 Å². The fourth-order valence-electron chi connectivity index (χ4n) is 2.14. The molecular formula is C11H11N3O5S. The minimum Gasteiger partial charge on any atom is -0.306 e. The maximum Gasteiger partial charge on any atom is 0.299 e. The molecule has 0 spiro atoms. The third kappa shape index (κ3) is 2.57. The molecule has 1 amide bonds. The van der Waals surface area contributed by atoms with Gasteiger partial charge >= 0.3 is 0 Å². The highest BCUT2D eigenvalue weighted by Crippen LogP contribution is 2.35. The Morgan fingerprint density at radius 3 is 2.50 bits per heavy atom. The Labute approximate surface area is 119 Å². The Kier molecular flexibility index (Phi) is 3.89. The van der Waals surface area contributed by atoms with E-state index in [-0.39, 0.29) is 29.6 Å². The van der Waals surface area contributed by atoms with Crippen molar-refractivity contribution in [3.63, 3.8) is 0 Å². The Morgan fingerprint density at radius 2 is 2.00 bits per heavy atom. The van der Waals surface area contributed by atoms with Gasteiger partial charge in [-0.3, -0.25) is 25.0 Å². The molecule has 1 aromatic carbocycles. The minimum absolute atomic E-state index is 0.0284. The molecule has 0 bridgehead atoms. The summed E-state index contributed by atoms with van der Waals surface area (Å²) in [7, 11) is 0. The fourth-order valence-corrected chi connectivity index (χ4v) is 2.38. The average molecular weight is 297 g/mol. The van der Waals surface area contributed by atoms with Crippen molar-refractivity contribution in [2.75, 3.05) is 17.2 Å². The Hall–Kier alpha value is -2.16. The number of nitro groups is 2. The van der Waals surface area contributed by atoms with Crippen LogP contribution in [0.15, 0.2) is 18.2 Å². The molecule has 1 aliphatic rings. The van der Waals surface area contributed by atoms with Crippen molar-refractivity contribution in [3.05, 3.63) is 38.4 Å². The van der Waals surface area contributed by atoms with Crippen LogP contribution in [0.4, 0.5) is 17.1 Å². The van der Waals surface area contributed by atoms with Crippen LogP contribution in [0.3, 0.4) is 0 Å². The molecule has 2 rings (SSSR count). The van der Waals surface area contributed by atoms with Gasteiger partial charge in [0.15, 0.2) is 0 Å². The van der Waals surface area contributed by atoms with E-state index in [4.69, 9.17) is 0 Å². The first-order valence-corrected chi connectivity index (χ1v) is 6.41. The van der Waals surface area contributed by atoms with Crippen LogP contribution in [-0.4, -0.2) is 28.1 Å². The molecule has 0 saturated carbocycles. The molecule has 9 heteroatoms. The van der Waals surface area contributed by atoms with Crippen molar-refractivity contribution in [1.82, 2.24) is 0 Å². The second-order valence-electron chi connectivity index (χ2n) is 4.44. The second kappa shape index (κ2) is 5.45. The van der Waals surface area contributed by atoms with E-state index in [2.05, 4.69) is 12.6 Å². The Bertz CT molecular complexity index is 591. The SMILES string of the molecule is O=C1CC(CS)CN1c1ccc([N+](=O)[O-])cc1[N+](=O)[O-]. The van der Waals surface area contributed by atoms with Crippen LogP contribution in [0.2, 0.25) is 0 Å². The van der Waals surface area contributed by atoms with E-state index in [1.807, 2.05) is 0 Å².